The van der Waals surface area contributed by atoms with E-state index in [1.807, 2.05) is 30.5 Å². The second-order valence-electron chi connectivity index (χ2n) is 5.12. The summed E-state index contributed by atoms with van der Waals surface area (Å²) in [6.45, 7) is 0.388. The zero-order valence-corrected chi connectivity index (χ0v) is 11.6. The molecule has 6 nitrogen and oxygen atoms in total. The normalized spacial score (nSPS) is 19.9. The van der Waals surface area contributed by atoms with Crippen molar-refractivity contribution in [1.82, 2.24) is 4.98 Å². The summed E-state index contributed by atoms with van der Waals surface area (Å²) >= 11 is 0. The quantitative estimate of drug-likeness (QED) is 0.876. The number of fused-ring (bicyclic) bond motifs is 1. The van der Waals surface area contributed by atoms with Crippen molar-refractivity contribution in [3.63, 3.8) is 0 Å². The molecule has 1 aliphatic heterocycles. The molecule has 2 aromatic rings. The van der Waals surface area contributed by atoms with E-state index in [9.17, 15) is 13.2 Å². The number of nitrogens with one attached hydrogen (secondary N) is 1. The van der Waals surface area contributed by atoms with Crippen LogP contribution in [0.4, 0.5) is 5.69 Å². The summed E-state index contributed by atoms with van der Waals surface area (Å²) in [7, 11) is -3.55. The van der Waals surface area contributed by atoms with Crippen LogP contribution in [-0.2, 0) is 14.8 Å². The Morgan fingerprint density at radius 2 is 2.15 bits per heavy atom. The van der Waals surface area contributed by atoms with Crippen molar-refractivity contribution >= 4 is 32.5 Å². The molecule has 1 saturated heterocycles. The van der Waals surface area contributed by atoms with Gasteiger partial charge in [0, 0.05) is 36.0 Å². The highest BCUT2D eigenvalue weighted by Crippen LogP contribution is 2.31. The third-order valence-corrected chi connectivity index (χ3v) is 4.47. The first-order valence-electron chi connectivity index (χ1n) is 6.31. The Kier molecular flexibility index (Phi) is 3.02. The molecule has 1 aromatic heterocycles. The van der Waals surface area contributed by atoms with Crippen molar-refractivity contribution in [3.8, 4) is 0 Å². The van der Waals surface area contributed by atoms with E-state index in [4.69, 9.17) is 5.14 Å². The Morgan fingerprint density at radius 3 is 2.90 bits per heavy atom. The predicted molar refractivity (Wildman–Crippen MR) is 76.7 cm³/mol. The highest BCUT2D eigenvalue weighted by molar-refractivity contribution is 7.89. The van der Waals surface area contributed by atoms with Crippen LogP contribution >= 0.6 is 0 Å². The maximum atomic E-state index is 12.1. The summed E-state index contributed by atoms with van der Waals surface area (Å²) in [6.07, 6.45) is 2.04. The topological polar surface area (TPSA) is 96.3 Å². The van der Waals surface area contributed by atoms with E-state index < -0.39 is 10.0 Å². The molecule has 0 aliphatic carbocycles. The molecule has 0 bridgehead atoms. The van der Waals surface area contributed by atoms with Gasteiger partial charge in [-0.15, -0.1) is 0 Å². The average molecular weight is 293 g/mol. The van der Waals surface area contributed by atoms with Gasteiger partial charge >= 0.3 is 0 Å². The molecule has 106 valence electrons. The number of hydrogen-bond donors (Lipinski definition) is 2. The zero-order chi connectivity index (χ0) is 14.3. The van der Waals surface area contributed by atoms with Crippen molar-refractivity contribution in [2.24, 2.45) is 11.1 Å². The standard InChI is InChI=1S/C13H15N3O3S/c14-20(18,19)8-9-6-13(17)16(7-9)12-3-1-2-11-10(12)4-5-15-11/h1-5,9,15H,6-8H2,(H2,14,18,19). The number of sulfonamides is 1. The van der Waals surface area contributed by atoms with Crippen LogP contribution in [0.1, 0.15) is 6.42 Å². The van der Waals surface area contributed by atoms with Crippen molar-refractivity contribution < 1.29 is 13.2 Å². The van der Waals surface area contributed by atoms with Gasteiger partial charge < -0.3 is 9.88 Å². The van der Waals surface area contributed by atoms with Crippen LogP contribution in [0, 0.1) is 5.92 Å². The van der Waals surface area contributed by atoms with Gasteiger partial charge in [0.2, 0.25) is 15.9 Å². The second-order valence-corrected chi connectivity index (χ2v) is 6.78. The molecule has 0 saturated carbocycles. The summed E-state index contributed by atoms with van der Waals surface area (Å²) in [4.78, 5) is 16.9. The molecule has 1 atom stereocenters. The highest BCUT2D eigenvalue weighted by Gasteiger charge is 2.33. The van der Waals surface area contributed by atoms with Gasteiger partial charge in [-0.2, -0.15) is 0 Å². The first kappa shape index (κ1) is 13.1. The molecule has 1 aliphatic rings. The minimum atomic E-state index is -3.55. The number of hydrogen-bond acceptors (Lipinski definition) is 3. The molecule has 3 N–H and O–H groups in total. The van der Waals surface area contributed by atoms with E-state index in [2.05, 4.69) is 4.98 Å². The van der Waals surface area contributed by atoms with Crippen LogP contribution in [0.25, 0.3) is 10.9 Å². The molecule has 20 heavy (non-hydrogen) atoms. The minimum absolute atomic E-state index is 0.0626. The molecule has 2 heterocycles. The van der Waals surface area contributed by atoms with Crippen molar-refractivity contribution in [1.29, 1.82) is 0 Å². The van der Waals surface area contributed by atoms with Gasteiger partial charge in [-0.25, -0.2) is 13.6 Å². The lowest BCUT2D eigenvalue weighted by molar-refractivity contribution is -0.117. The van der Waals surface area contributed by atoms with Crippen LogP contribution in [0.15, 0.2) is 30.5 Å². The minimum Gasteiger partial charge on any atom is -0.361 e. The molecule has 1 fully saturated rings. The maximum Gasteiger partial charge on any atom is 0.227 e. The number of primary sulfonamides is 1. The number of carbonyl (C=O) groups excluding carboxylic acids is 1. The van der Waals surface area contributed by atoms with Crippen molar-refractivity contribution in [2.75, 3.05) is 17.2 Å². The average Bonchev–Trinajstić information content (AvgIpc) is 2.93. The van der Waals surface area contributed by atoms with Crippen LogP contribution in [-0.4, -0.2) is 31.6 Å². The van der Waals surface area contributed by atoms with E-state index in [0.717, 1.165) is 16.6 Å². The van der Waals surface area contributed by atoms with E-state index in [1.165, 1.54) is 0 Å². The molecule has 0 spiro atoms. The molecule has 0 radical (unpaired) electrons. The van der Waals surface area contributed by atoms with Gasteiger partial charge in [0.05, 0.1) is 11.4 Å². The fourth-order valence-corrected chi connectivity index (χ4v) is 3.64. The molecule has 3 rings (SSSR count). The Hall–Kier alpha value is -1.86. The summed E-state index contributed by atoms with van der Waals surface area (Å²) < 4.78 is 22.3. The number of H-pyrrole nitrogens is 1. The molecular weight excluding hydrogens is 278 g/mol. The van der Waals surface area contributed by atoms with Crippen molar-refractivity contribution in [2.45, 2.75) is 6.42 Å². The molecule has 7 heteroatoms. The van der Waals surface area contributed by atoms with Crippen LogP contribution < -0.4 is 10.0 Å². The van der Waals surface area contributed by atoms with Gasteiger partial charge in [0.1, 0.15) is 0 Å². The van der Waals surface area contributed by atoms with E-state index in [0.29, 0.717) is 6.54 Å². The smallest absolute Gasteiger partial charge is 0.227 e. The van der Waals surface area contributed by atoms with Gasteiger partial charge in [0.15, 0.2) is 0 Å². The van der Waals surface area contributed by atoms with Gasteiger partial charge in [0.25, 0.3) is 0 Å². The van der Waals surface area contributed by atoms with Crippen LogP contribution in [0.5, 0.6) is 0 Å². The number of benzene rings is 1. The third kappa shape index (κ3) is 2.41. The number of anilines is 1. The molecule has 1 aromatic carbocycles. The Labute approximate surface area is 116 Å². The summed E-state index contributed by atoms with van der Waals surface area (Å²) in [6, 6.07) is 7.58. The number of rotatable bonds is 3. The highest BCUT2D eigenvalue weighted by atomic mass is 32.2. The van der Waals surface area contributed by atoms with E-state index in [1.54, 1.807) is 4.90 Å². The second kappa shape index (κ2) is 4.60. The third-order valence-electron chi connectivity index (χ3n) is 3.54. The van der Waals surface area contributed by atoms with Gasteiger partial charge in [-0.3, -0.25) is 4.79 Å². The fourth-order valence-electron chi connectivity index (χ4n) is 2.76. The first-order valence-corrected chi connectivity index (χ1v) is 8.02. The Balaban J connectivity index is 1.91. The van der Waals surface area contributed by atoms with Crippen LogP contribution in [0.3, 0.4) is 0 Å². The monoisotopic (exact) mass is 293 g/mol. The maximum absolute atomic E-state index is 12.1. The number of aromatic amines is 1. The summed E-state index contributed by atoms with van der Waals surface area (Å²) in [5, 5.41) is 6.01. The number of nitrogens with two attached hydrogens (primary N) is 1. The summed E-state index contributed by atoms with van der Waals surface area (Å²) in [5.74, 6) is -0.461. The largest absolute Gasteiger partial charge is 0.361 e. The number of amides is 1. The van der Waals surface area contributed by atoms with Crippen LogP contribution in [0.2, 0.25) is 0 Å². The van der Waals surface area contributed by atoms with E-state index >= 15 is 0 Å². The molecule has 1 unspecified atom stereocenters. The van der Waals surface area contributed by atoms with Gasteiger partial charge in [-0.1, -0.05) is 6.07 Å². The number of nitrogens with zero attached hydrogens (tertiary/aromatic N) is 1. The number of carbonyl (C=O) groups is 1. The summed E-state index contributed by atoms with van der Waals surface area (Å²) in [5.41, 5.74) is 1.76. The predicted octanol–water partition coefficient (Wildman–Crippen LogP) is 0.809. The fraction of sp³-hybridized carbons (Fsp3) is 0.308. The molecular formula is C13H15N3O3S. The van der Waals surface area contributed by atoms with Crippen molar-refractivity contribution in [3.05, 3.63) is 30.5 Å². The number of aromatic nitrogens is 1. The van der Waals surface area contributed by atoms with E-state index in [-0.39, 0.29) is 24.0 Å². The van der Waals surface area contributed by atoms with Gasteiger partial charge in [-0.05, 0) is 18.2 Å². The zero-order valence-electron chi connectivity index (χ0n) is 10.7. The SMILES string of the molecule is NS(=O)(=O)CC1CC(=O)N(c2cccc3[nH]ccc23)C1. The lowest BCUT2D eigenvalue weighted by atomic mass is 10.1. The molecule has 1 amide bonds. The lowest BCUT2D eigenvalue weighted by Gasteiger charge is -2.17. The Morgan fingerprint density at radius 1 is 1.35 bits per heavy atom. The first-order chi connectivity index (χ1) is 9.44. The lowest BCUT2D eigenvalue weighted by Crippen LogP contribution is -2.27. The Bertz CT molecular complexity index is 766.